The monoisotopic (exact) mass is 632 g/mol. The molecule has 0 aliphatic carbocycles. The van der Waals surface area contributed by atoms with Crippen LogP contribution in [0, 0.1) is 0 Å². The van der Waals surface area contributed by atoms with Crippen LogP contribution in [0.15, 0.2) is 60.2 Å². The first kappa shape index (κ1) is 33.0. The second-order valence-corrected chi connectivity index (χ2v) is 12.7. The average Bonchev–Trinajstić information content (AvgIpc) is 3.39. The zero-order valence-corrected chi connectivity index (χ0v) is 25.4. The lowest BCUT2D eigenvalue weighted by atomic mass is 10.1. The number of rotatable bonds is 7. The Bertz CT molecular complexity index is 1510. The zero-order valence-electron chi connectivity index (χ0n) is 24.5. The lowest BCUT2D eigenvalue weighted by molar-refractivity contribution is -0.145. The van der Waals surface area contributed by atoms with E-state index in [2.05, 4.69) is 5.32 Å². The van der Waals surface area contributed by atoms with Crippen molar-refractivity contribution in [1.82, 2.24) is 15.1 Å². The Labute approximate surface area is 253 Å². The van der Waals surface area contributed by atoms with E-state index < -0.39 is 42.7 Å². The standard InChI is InChI=1S/C30H35F2N4O7P/c1-19(16-21-8-7-9-22(17-21)30(31,32)44(41,42)43)27(38)33-25-18-35(20(2)37)15-14-24-12-13-26(36(24)28(25)39)29(40)34(3)23-10-5-4-6-11-23/h4-11,16-17,24-26H,12-15,18H2,1-3H3,(H,33,38)(H2,41,42,43)/b19-16+/t24-,25+,26+/m1/s1. The second kappa shape index (κ2) is 13.0. The van der Waals surface area contributed by atoms with Crippen LogP contribution in [0.1, 0.15) is 44.2 Å². The molecule has 2 aliphatic heterocycles. The number of anilines is 1. The molecule has 0 saturated carbocycles. The van der Waals surface area contributed by atoms with E-state index in [1.165, 1.54) is 46.8 Å². The van der Waals surface area contributed by atoms with Gasteiger partial charge in [-0.15, -0.1) is 0 Å². The van der Waals surface area contributed by atoms with Crippen LogP contribution >= 0.6 is 7.60 Å². The number of para-hydroxylation sites is 1. The average molecular weight is 633 g/mol. The number of alkyl halides is 2. The summed E-state index contributed by atoms with van der Waals surface area (Å²) in [6.45, 7) is 2.94. The number of likely N-dealkylation sites (N-methyl/N-ethyl adjacent to an activating group) is 1. The summed E-state index contributed by atoms with van der Waals surface area (Å²) in [7, 11) is -4.16. The number of hydrogen-bond acceptors (Lipinski definition) is 5. The van der Waals surface area contributed by atoms with Crippen molar-refractivity contribution in [2.75, 3.05) is 25.0 Å². The summed E-state index contributed by atoms with van der Waals surface area (Å²) in [5, 5.41) is 2.65. The molecule has 2 saturated heterocycles. The van der Waals surface area contributed by atoms with Gasteiger partial charge >= 0.3 is 13.3 Å². The highest BCUT2D eigenvalue weighted by atomic mass is 31.2. The Hall–Kier alpha value is -3.93. The van der Waals surface area contributed by atoms with Gasteiger partial charge in [0.15, 0.2) is 0 Å². The predicted molar refractivity (Wildman–Crippen MR) is 158 cm³/mol. The van der Waals surface area contributed by atoms with Crippen molar-refractivity contribution < 1.29 is 42.3 Å². The van der Waals surface area contributed by atoms with Crippen LogP contribution in [0.5, 0.6) is 0 Å². The summed E-state index contributed by atoms with van der Waals surface area (Å²) in [5.41, 5.74) is -4.59. The molecule has 3 N–H and O–H groups in total. The number of halogens is 2. The van der Waals surface area contributed by atoms with Crippen LogP contribution < -0.4 is 10.2 Å². The van der Waals surface area contributed by atoms with Crippen molar-refractivity contribution >= 4 is 43.0 Å². The van der Waals surface area contributed by atoms with Gasteiger partial charge in [0.25, 0.3) is 0 Å². The first-order valence-corrected chi connectivity index (χ1v) is 15.7. The van der Waals surface area contributed by atoms with E-state index in [0.717, 1.165) is 12.1 Å². The molecule has 2 aromatic carbocycles. The van der Waals surface area contributed by atoms with E-state index in [9.17, 15) is 32.5 Å². The highest BCUT2D eigenvalue weighted by Gasteiger charge is 2.50. The van der Waals surface area contributed by atoms with Gasteiger partial charge in [0, 0.05) is 49.9 Å². The molecule has 0 unspecified atom stereocenters. The van der Waals surface area contributed by atoms with E-state index in [4.69, 9.17) is 9.79 Å². The Morgan fingerprint density at radius 2 is 1.73 bits per heavy atom. The fourth-order valence-corrected chi connectivity index (χ4v) is 6.06. The normalized spacial score (nSPS) is 21.3. The van der Waals surface area contributed by atoms with Crippen LogP contribution in [-0.4, -0.2) is 81.5 Å². The number of fused-ring (bicyclic) bond motifs is 1. The van der Waals surface area contributed by atoms with Crippen molar-refractivity contribution in [1.29, 1.82) is 0 Å². The molecule has 0 radical (unpaired) electrons. The van der Waals surface area contributed by atoms with E-state index in [1.807, 2.05) is 6.07 Å². The summed E-state index contributed by atoms with van der Waals surface area (Å²) in [5.74, 6) is -1.79. The first-order valence-electron chi connectivity index (χ1n) is 14.0. The van der Waals surface area contributed by atoms with E-state index in [-0.39, 0.29) is 35.5 Å². The number of benzene rings is 2. The van der Waals surface area contributed by atoms with Gasteiger partial charge in [-0.25, -0.2) is 0 Å². The number of carbonyl (C=O) groups is 4. The SMILES string of the molecule is CC(=O)N1CC[C@H]2CC[C@@H](C(=O)N(C)c3ccccc3)N2C(=O)[C@@H](NC(=O)/C(C)=C/c2cccc(C(F)(F)P(=O)(O)O)c2)C1. The van der Waals surface area contributed by atoms with Crippen LogP contribution in [0.3, 0.4) is 0 Å². The maximum atomic E-state index is 14.2. The molecule has 2 fully saturated rings. The Morgan fingerprint density at radius 1 is 1.05 bits per heavy atom. The zero-order chi connectivity index (χ0) is 32.4. The third kappa shape index (κ3) is 6.90. The lowest BCUT2D eigenvalue weighted by Gasteiger charge is -2.39. The molecule has 236 valence electrons. The molecule has 11 nitrogen and oxygen atoms in total. The lowest BCUT2D eigenvalue weighted by Crippen LogP contribution is -2.61. The van der Waals surface area contributed by atoms with Crippen molar-refractivity contribution in [2.24, 2.45) is 0 Å². The molecule has 2 heterocycles. The Kier molecular flexibility index (Phi) is 9.72. The number of hydrogen-bond donors (Lipinski definition) is 3. The molecule has 2 aliphatic rings. The van der Waals surface area contributed by atoms with Crippen molar-refractivity contribution in [3.8, 4) is 0 Å². The maximum absolute atomic E-state index is 14.2. The van der Waals surface area contributed by atoms with Gasteiger partial charge in [-0.05, 0) is 56.0 Å². The van der Waals surface area contributed by atoms with E-state index in [1.54, 1.807) is 31.3 Å². The van der Waals surface area contributed by atoms with Gasteiger partial charge in [0.05, 0.1) is 0 Å². The second-order valence-electron chi connectivity index (χ2n) is 11.0. The van der Waals surface area contributed by atoms with Gasteiger partial charge in [-0.1, -0.05) is 36.4 Å². The first-order chi connectivity index (χ1) is 20.6. The fraction of sp³-hybridized carbons (Fsp3) is 0.400. The number of nitrogens with zero attached hydrogens (tertiary/aromatic N) is 3. The molecule has 0 spiro atoms. The summed E-state index contributed by atoms with van der Waals surface area (Å²) >= 11 is 0. The summed E-state index contributed by atoms with van der Waals surface area (Å²) in [4.78, 5) is 75.9. The number of nitrogens with one attached hydrogen (secondary N) is 1. The molecule has 4 rings (SSSR count). The summed E-state index contributed by atoms with van der Waals surface area (Å²) < 4.78 is 39.8. The van der Waals surface area contributed by atoms with Gasteiger partial charge < -0.3 is 29.8 Å². The minimum atomic E-state index is -5.80. The quantitative estimate of drug-likeness (QED) is 0.314. The minimum Gasteiger partial charge on any atom is -0.340 e. The molecule has 44 heavy (non-hydrogen) atoms. The molecule has 14 heteroatoms. The topological polar surface area (TPSA) is 148 Å². The molecule has 0 bridgehead atoms. The Balaban J connectivity index is 1.59. The molecule has 3 atom stereocenters. The Morgan fingerprint density at radius 3 is 2.36 bits per heavy atom. The number of carbonyl (C=O) groups excluding carboxylic acids is 4. The highest BCUT2D eigenvalue weighted by Crippen LogP contribution is 2.59. The van der Waals surface area contributed by atoms with Gasteiger partial charge in [-0.3, -0.25) is 23.7 Å². The predicted octanol–water partition coefficient (Wildman–Crippen LogP) is 3.08. The van der Waals surface area contributed by atoms with Gasteiger partial charge in [-0.2, -0.15) is 8.78 Å². The molecule has 0 aromatic heterocycles. The fourth-order valence-electron chi connectivity index (χ4n) is 5.58. The molecular weight excluding hydrogens is 597 g/mol. The van der Waals surface area contributed by atoms with E-state index in [0.29, 0.717) is 31.5 Å². The van der Waals surface area contributed by atoms with Gasteiger partial charge in [0.1, 0.15) is 12.1 Å². The van der Waals surface area contributed by atoms with Crippen molar-refractivity contribution in [2.45, 2.75) is 56.9 Å². The van der Waals surface area contributed by atoms with E-state index >= 15 is 0 Å². The molecule has 4 amide bonds. The van der Waals surface area contributed by atoms with Crippen LogP contribution in [-0.2, 0) is 29.4 Å². The third-order valence-electron chi connectivity index (χ3n) is 8.04. The molecule has 2 aromatic rings. The van der Waals surface area contributed by atoms with Crippen LogP contribution in [0.25, 0.3) is 6.08 Å². The number of amides is 4. The maximum Gasteiger partial charge on any atom is 0.399 e. The van der Waals surface area contributed by atoms with Crippen LogP contribution in [0.2, 0.25) is 0 Å². The summed E-state index contributed by atoms with van der Waals surface area (Å²) in [6.07, 6.45) is 2.68. The molecular formula is C30H35F2N4O7P. The van der Waals surface area contributed by atoms with Gasteiger partial charge in [0.2, 0.25) is 23.6 Å². The van der Waals surface area contributed by atoms with Crippen molar-refractivity contribution in [3.05, 3.63) is 71.3 Å². The smallest absolute Gasteiger partial charge is 0.340 e. The summed E-state index contributed by atoms with van der Waals surface area (Å²) in [6, 6.07) is 11.0. The highest BCUT2D eigenvalue weighted by molar-refractivity contribution is 7.52. The minimum absolute atomic E-state index is 0.0142. The largest absolute Gasteiger partial charge is 0.399 e. The third-order valence-corrected chi connectivity index (χ3v) is 9.03. The van der Waals surface area contributed by atoms with Crippen molar-refractivity contribution in [3.63, 3.8) is 0 Å². The van der Waals surface area contributed by atoms with Crippen LogP contribution in [0.4, 0.5) is 14.5 Å².